The minimum atomic E-state index is -1.03. The van der Waals surface area contributed by atoms with E-state index in [1.54, 1.807) is 6.92 Å². The predicted molar refractivity (Wildman–Crippen MR) is 35.8 cm³/mol. The SMILES string of the molecule is COC(=O)C1C(C)=C1C(=O)O. The fraction of sp³-hybridized carbons (Fsp3) is 0.429. The van der Waals surface area contributed by atoms with Crippen molar-refractivity contribution in [2.75, 3.05) is 7.11 Å². The number of methoxy groups -OCH3 is 1. The van der Waals surface area contributed by atoms with E-state index in [1.165, 1.54) is 7.11 Å². The molecule has 60 valence electrons. The van der Waals surface area contributed by atoms with Crippen molar-refractivity contribution in [3.05, 3.63) is 11.1 Å². The number of carboxylic acid groups (broad SMARTS) is 1. The Morgan fingerprint density at radius 1 is 1.55 bits per heavy atom. The molecule has 0 fully saturated rings. The lowest BCUT2D eigenvalue weighted by molar-refractivity contribution is -0.143. The van der Waals surface area contributed by atoms with Crippen molar-refractivity contribution in [2.45, 2.75) is 6.92 Å². The first-order valence-electron chi connectivity index (χ1n) is 3.11. The van der Waals surface area contributed by atoms with Crippen molar-refractivity contribution in [3.63, 3.8) is 0 Å². The summed E-state index contributed by atoms with van der Waals surface area (Å²) in [5.41, 5.74) is 0.779. The van der Waals surface area contributed by atoms with Crippen LogP contribution in [-0.2, 0) is 14.3 Å². The average Bonchev–Trinajstić information content (AvgIpc) is 2.60. The molecule has 0 aliphatic heterocycles. The maximum Gasteiger partial charge on any atom is 0.332 e. The quantitative estimate of drug-likeness (QED) is 0.579. The highest BCUT2D eigenvalue weighted by molar-refractivity contribution is 6.04. The van der Waals surface area contributed by atoms with Gasteiger partial charge >= 0.3 is 11.9 Å². The van der Waals surface area contributed by atoms with Crippen molar-refractivity contribution in [1.82, 2.24) is 0 Å². The van der Waals surface area contributed by atoms with Crippen LogP contribution < -0.4 is 0 Å². The fourth-order valence-corrected chi connectivity index (χ4v) is 1.03. The summed E-state index contributed by atoms with van der Waals surface area (Å²) in [6, 6.07) is 0. The normalized spacial score (nSPS) is 21.5. The molecule has 0 bridgehead atoms. The van der Waals surface area contributed by atoms with Crippen LogP contribution in [-0.4, -0.2) is 24.2 Å². The van der Waals surface area contributed by atoms with Crippen LogP contribution in [0.5, 0.6) is 0 Å². The molecule has 1 N–H and O–H groups in total. The number of carboxylic acids is 1. The highest BCUT2D eigenvalue weighted by Crippen LogP contribution is 2.39. The predicted octanol–water partition coefficient (Wildman–Crippen LogP) is 0.190. The smallest absolute Gasteiger partial charge is 0.332 e. The summed E-state index contributed by atoms with van der Waals surface area (Å²) >= 11 is 0. The van der Waals surface area contributed by atoms with Crippen molar-refractivity contribution >= 4 is 11.9 Å². The number of rotatable bonds is 2. The van der Waals surface area contributed by atoms with Gasteiger partial charge in [-0.05, 0) is 12.5 Å². The molecule has 0 saturated carbocycles. The lowest BCUT2D eigenvalue weighted by Crippen LogP contribution is -2.08. The molecule has 1 aliphatic rings. The van der Waals surface area contributed by atoms with Crippen molar-refractivity contribution in [2.24, 2.45) is 5.92 Å². The van der Waals surface area contributed by atoms with Gasteiger partial charge in [0.1, 0.15) is 5.92 Å². The van der Waals surface area contributed by atoms with Gasteiger partial charge in [0.05, 0.1) is 12.7 Å². The van der Waals surface area contributed by atoms with Crippen LogP contribution in [0.2, 0.25) is 0 Å². The van der Waals surface area contributed by atoms with Crippen molar-refractivity contribution in [3.8, 4) is 0 Å². The molecule has 0 radical (unpaired) electrons. The lowest BCUT2D eigenvalue weighted by atomic mass is 10.3. The molecule has 1 aliphatic carbocycles. The van der Waals surface area contributed by atoms with Gasteiger partial charge < -0.3 is 9.84 Å². The zero-order valence-corrected chi connectivity index (χ0v) is 6.25. The Bertz CT molecular complexity index is 251. The van der Waals surface area contributed by atoms with Gasteiger partial charge in [0.2, 0.25) is 0 Å². The second kappa shape index (κ2) is 2.38. The third-order valence-electron chi connectivity index (χ3n) is 1.73. The maximum atomic E-state index is 10.8. The Labute approximate surface area is 63.5 Å². The number of ether oxygens (including phenoxy) is 1. The number of carbonyl (C=O) groups is 2. The second-order valence-electron chi connectivity index (χ2n) is 2.36. The molecule has 4 heteroatoms. The third kappa shape index (κ3) is 1.11. The van der Waals surface area contributed by atoms with Gasteiger partial charge in [-0.1, -0.05) is 0 Å². The van der Waals surface area contributed by atoms with E-state index >= 15 is 0 Å². The molecule has 0 amide bonds. The molecule has 1 atom stereocenters. The van der Waals surface area contributed by atoms with Crippen molar-refractivity contribution in [1.29, 1.82) is 0 Å². The van der Waals surface area contributed by atoms with E-state index < -0.39 is 17.9 Å². The largest absolute Gasteiger partial charge is 0.478 e. The van der Waals surface area contributed by atoms with E-state index in [0.717, 1.165) is 0 Å². The molecule has 1 rings (SSSR count). The molecule has 0 heterocycles. The number of hydrogen-bond acceptors (Lipinski definition) is 3. The van der Waals surface area contributed by atoms with Crippen LogP contribution in [0.15, 0.2) is 11.1 Å². The van der Waals surface area contributed by atoms with Gasteiger partial charge in [0.25, 0.3) is 0 Å². The summed E-state index contributed by atoms with van der Waals surface area (Å²) in [5, 5.41) is 8.47. The van der Waals surface area contributed by atoms with E-state index in [4.69, 9.17) is 5.11 Å². The average molecular weight is 156 g/mol. The second-order valence-corrected chi connectivity index (χ2v) is 2.36. The Kier molecular flexibility index (Phi) is 1.68. The van der Waals surface area contributed by atoms with Crippen molar-refractivity contribution < 1.29 is 19.4 Å². The lowest BCUT2D eigenvalue weighted by Gasteiger charge is -1.94. The highest BCUT2D eigenvalue weighted by atomic mass is 16.5. The zero-order chi connectivity index (χ0) is 8.59. The monoisotopic (exact) mass is 156 g/mol. The molecule has 0 spiro atoms. The molecular weight excluding hydrogens is 148 g/mol. The first kappa shape index (κ1) is 7.78. The first-order valence-corrected chi connectivity index (χ1v) is 3.11. The minimum Gasteiger partial charge on any atom is -0.478 e. The van der Waals surface area contributed by atoms with Gasteiger partial charge in [-0.25, -0.2) is 4.79 Å². The summed E-state index contributed by atoms with van der Waals surface area (Å²) in [6.07, 6.45) is 0. The zero-order valence-electron chi connectivity index (χ0n) is 6.25. The van der Waals surface area contributed by atoms with Gasteiger partial charge in [0.15, 0.2) is 0 Å². The Hall–Kier alpha value is -1.32. The molecule has 0 aromatic heterocycles. The van der Waals surface area contributed by atoms with Crippen LogP contribution in [0.3, 0.4) is 0 Å². The molecule has 0 aromatic carbocycles. The first-order chi connectivity index (χ1) is 5.09. The topological polar surface area (TPSA) is 63.6 Å². The van der Waals surface area contributed by atoms with Crippen LogP contribution in [0.25, 0.3) is 0 Å². The number of esters is 1. The molecule has 0 aromatic rings. The minimum absolute atomic E-state index is 0.178. The Morgan fingerprint density at radius 3 is 2.36 bits per heavy atom. The number of aliphatic carboxylic acids is 1. The van der Waals surface area contributed by atoms with Gasteiger partial charge in [-0.3, -0.25) is 4.79 Å². The number of hydrogen-bond donors (Lipinski definition) is 1. The molecule has 1 unspecified atom stereocenters. The summed E-state index contributed by atoms with van der Waals surface area (Å²) in [5.74, 6) is -2.10. The van der Waals surface area contributed by atoms with Crippen LogP contribution in [0.4, 0.5) is 0 Å². The summed E-state index contributed by atoms with van der Waals surface area (Å²) < 4.78 is 4.38. The van der Waals surface area contributed by atoms with E-state index in [0.29, 0.717) is 5.57 Å². The van der Waals surface area contributed by atoms with Crippen LogP contribution in [0.1, 0.15) is 6.92 Å². The van der Waals surface area contributed by atoms with E-state index in [9.17, 15) is 9.59 Å². The third-order valence-corrected chi connectivity index (χ3v) is 1.73. The summed E-state index contributed by atoms with van der Waals surface area (Å²) in [6.45, 7) is 1.62. The Morgan fingerprint density at radius 2 is 2.09 bits per heavy atom. The van der Waals surface area contributed by atoms with E-state index in [-0.39, 0.29) is 5.57 Å². The summed E-state index contributed by atoms with van der Waals surface area (Å²) in [7, 11) is 1.24. The van der Waals surface area contributed by atoms with E-state index in [2.05, 4.69) is 4.74 Å². The van der Waals surface area contributed by atoms with Crippen LogP contribution in [0, 0.1) is 5.92 Å². The molecular formula is C7H8O4. The molecule has 11 heavy (non-hydrogen) atoms. The molecule has 0 saturated heterocycles. The standard InChI is InChI=1S/C7H8O4/c1-3-4(6(8)9)5(3)7(10)11-2/h5H,1-2H3,(H,8,9). The van der Waals surface area contributed by atoms with Gasteiger partial charge in [-0.15, -0.1) is 0 Å². The molecule has 4 nitrogen and oxygen atoms in total. The maximum absolute atomic E-state index is 10.8. The highest BCUT2D eigenvalue weighted by Gasteiger charge is 2.44. The van der Waals surface area contributed by atoms with Gasteiger partial charge in [0, 0.05) is 0 Å². The van der Waals surface area contributed by atoms with Crippen LogP contribution >= 0.6 is 0 Å². The summed E-state index contributed by atoms with van der Waals surface area (Å²) in [4.78, 5) is 21.1. The van der Waals surface area contributed by atoms with Gasteiger partial charge in [-0.2, -0.15) is 0 Å². The fourth-order valence-electron chi connectivity index (χ4n) is 1.03. The number of carbonyl (C=O) groups excluding carboxylic acids is 1. The Balaban J connectivity index is 2.63. The van der Waals surface area contributed by atoms with E-state index in [1.807, 2.05) is 0 Å².